The van der Waals surface area contributed by atoms with E-state index in [1.807, 2.05) is 20.8 Å². The monoisotopic (exact) mass is 568 g/mol. The van der Waals surface area contributed by atoms with E-state index in [0.29, 0.717) is 19.4 Å². The zero-order chi connectivity index (χ0) is 26.8. The van der Waals surface area contributed by atoms with Gasteiger partial charge in [0, 0.05) is 17.4 Å². The second-order valence-electron chi connectivity index (χ2n) is 10.7. The van der Waals surface area contributed by atoms with Crippen LogP contribution >= 0.6 is 15.9 Å². The summed E-state index contributed by atoms with van der Waals surface area (Å²) >= 11 is 3.66. The van der Waals surface area contributed by atoms with Gasteiger partial charge in [-0.15, -0.1) is 6.58 Å². The molecule has 0 aromatic rings. The minimum atomic E-state index is -1.18. The lowest BCUT2D eigenvalue weighted by molar-refractivity contribution is -0.156. The van der Waals surface area contributed by atoms with Crippen LogP contribution in [-0.2, 0) is 23.9 Å². The lowest BCUT2D eigenvalue weighted by Gasteiger charge is -2.41. The molecule has 1 spiro atoms. The molecule has 3 rings (SSSR count). The van der Waals surface area contributed by atoms with Crippen molar-refractivity contribution in [1.82, 2.24) is 9.80 Å². The van der Waals surface area contributed by atoms with E-state index in [1.165, 1.54) is 11.0 Å². The third-order valence-electron chi connectivity index (χ3n) is 7.77. The Morgan fingerprint density at radius 3 is 2.58 bits per heavy atom. The number of hydrogen-bond acceptors (Lipinski definition) is 6. The van der Waals surface area contributed by atoms with Crippen molar-refractivity contribution in [3.63, 3.8) is 0 Å². The number of nitrogens with zero attached hydrogens (tertiary/aromatic N) is 2. The van der Waals surface area contributed by atoms with Gasteiger partial charge in [-0.1, -0.05) is 61.9 Å². The Morgan fingerprint density at radius 1 is 1.33 bits per heavy atom. The molecule has 2 bridgehead atoms. The van der Waals surface area contributed by atoms with E-state index < -0.39 is 41.6 Å². The Morgan fingerprint density at radius 2 is 2.03 bits per heavy atom. The van der Waals surface area contributed by atoms with E-state index in [2.05, 4.69) is 36.0 Å². The highest BCUT2D eigenvalue weighted by Crippen LogP contribution is 2.61. The predicted octanol–water partition coefficient (Wildman–Crippen LogP) is 3.07. The topological polar surface area (TPSA) is 96.4 Å². The first-order chi connectivity index (χ1) is 17.1. The van der Waals surface area contributed by atoms with E-state index in [4.69, 9.17) is 9.47 Å². The van der Waals surface area contributed by atoms with Crippen LogP contribution < -0.4 is 0 Å². The molecule has 8 atom stereocenters. The molecule has 36 heavy (non-hydrogen) atoms. The lowest BCUT2D eigenvalue weighted by Crippen LogP contribution is -2.60. The Hall–Kier alpha value is -1.71. The molecule has 4 unspecified atom stereocenters. The number of carbonyl (C=O) groups excluding carboxylic acids is 3. The quantitative estimate of drug-likeness (QED) is 0.208. The van der Waals surface area contributed by atoms with Gasteiger partial charge in [-0.25, -0.2) is 0 Å². The van der Waals surface area contributed by atoms with Gasteiger partial charge < -0.3 is 24.4 Å². The summed E-state index contributed by atoms with van der Waals surface area (Å²) in [5, 5.41) is 10.4. The van der Waals surface area contributed by atoms with Crippen LogP contribution in [0.2, 0.25) is 0 Å². The Kier molecular flexibility index (Phi) is 9.44. The van der Waals surface area contributed by atoms with E-state index >= 15 is 0 Å². The normalized spacial score (nSPS) is 32.4. The molecule has 0 aliphatic carbocycles. The molecule has 0 radical (unpaired) electrons. The summed E-state index contributed by atoms with van der Waals surface area (Å²) in [6, 6.07) is -1.59. The third-order valence-corrected chi connectivity index (χ3v) is 8.62. The van der Waals surface area contributed by atoms with Crippen molar-refractivity contribution in [3.8, 4) is 0 Å². The van der Waals surface area contributed by atoms with Crippen molar-refractivity contribution in [2.24, 2.45) is 17.8 Å². The zero-order valence-corrected chi connectivity index (χ0v) is 23.5. The van der Waals surface area contributed by atoms with Crippen LogP contribution in [0.5, 0.6) is 0 Å². The molecule has 3 aliphatic heterocycles. The average Bonchev–Trinajstić information content (AvgIpc) is 3.42. The largest absolute Gasteiger partial charge is 0.461 e. The highest BCUT2D eigenvalue weighted by molar-refractivity contribution is 9.09. The molecule has 3 heterocycles. The van der Waals surface area contributed by atoms with Crippen LogP contribution in [0, 0.1) is 17.8 Å². The molecule has 202 valence electrons. The molecule has 9 heteroatoms. The van der Waals surface area contributed by atoms with Gasteiger partial charge >= 0.3 is 5.97 Å². The molecular formula is C27H41BrN2O6. The van der Waals surface area contributed by atoms with Gasteiger partial charge in [-0.05, 0) is 32.1 Å². The number of esters is 1. The van der Waals surface area contributed by atoms with Crippen molar-refractivity contribution >= 4 is 33.7 Å². The van der Waals surface area contributed by atoms with Crippen LogP contribution in [0.25, 0.3) is 0 Å². The van der Waals surface area contributed by atoms with E-state index in [0.717, 1.165) is 12.8 Å². The van der Waals surface area contributed by atoms with Crippen LogP contribution in [0.3, 0.4) is 0 Å². The minimum absolute atomic E-state index is 0.0310. The second kappa shape index (κ2) is 11.8. The number of ether oxygens (including phenoxy) is 2. The van der Waals surface area contributed by atoms with Crippen molar-refractivity contribution in [2.45, 2.75) is 88.0 Å². The number of likely N-dealkylation sites (tertiary alicyclic amines) is 1. The van der Waals surface area contributed by atoms with Gasteiger partial charge in [0.2, 0.25) is 11.8 Å². The number of aliphatic hydroxyl groups is 1. The fraction of sp³-hybridized carbons (Fsp3) is 0.741. The van der Waals surface area contributed by atoms with Crippen molar-refractivity contribution in [3.05, 3.63) is 25.3 Å². The number of carbonyl (C=O) groups is 3. The van der Waals surface area contributed by atoms with Crippen LogP contribution in [0.15, 0.2) is 25.3 Å². The highest BCUT2D eigenvalue weighted by Gasteiger charge is 2.77. The maximum absolute atomic E-state index is 14.4. The summed E-state index contributed by atoms with van der Waals surface area (Å²) in [6.07, 6.45) is 5.22. The SMILES string of the molecule is C=CCOC(=O)[C@H]1[C@H]2C(=O)N([C@@H](CO)CC(C)C)C(C(=O)N(CC=C)C(C)CCC)C23CC(Br)[C@@H]1O3. The standard InChI is InChI=1S/C27H41BrN2O6/c1-7-10-17(6)29(11-8-2)25(33)23-27-14-19(28)22(36-27)20(26(34)35-12-9-3)21(27)24(32)30(23)18(15-31)13-16(4)5/h8-9,16-23,31H,2-3,7,10-15H2,1,4-6H3/t17?,18-,19?,20+,21+,22+,23?,27?/m1/s1. The Labute approximate surface area is 223 Å². The number of alkyl halides is 1. The predicted molar refractivity (Wildman–Crippen MR) is 140 cm³/mol. The van der Waals surface area contributed by atoms with Gasteiger partial charge in [-0.2, -0.15) is 0 Å². The second-order valence-corrected chi connectivity index (χ2v) is 11.9. The number of rotatable bonds is 13. The molecule has 0 saturated carbocycles. The average molecular weight is 570 g/mol. The molecule has 3 saturated heterocycles. The number of fused-ring (bicyclic) bond motifs is 1. The summed E-state index contributed by atoms with van der Waals surface area (Å²) < 4.78 is 11.9. The molecule has 2 amide bonds. The number of aliphatic hydroxyl groups excluding tert-OH is 1. The zero-order valence-electron chi connectivity index (χ0n) is 21.9. The number of amides is 2. The van der Waals surface area contributed by atoms with E-state index in [9.17, 15) is 19.5 Å². The molecular weight excluding hydrogens is 528 g/mol. The molecule has 8 nitrogen and oxygen atoms in total. The fourth-order valence-electron chi connectivity index (χ4n) is 6.42. The van der Waals surface area contributed by atoms with Crippen LogP contribution in [-0.4, -0.2) is 87.1 Å². The Balaban J connectivity index is 2.12. The first kappa shape index (κ1) is 28.9. The van der Waals surface area contributed by atoms with Crippen molar-refractivity contribution in [2.75, 3.05) is 19.8 Å². The molecule has 0 aromatic carbocycles. The number of halogens is 1. The van der Waals surface area contributed by atoms with Gasteiger partial charge in [0.05, 0.1) is 30.6 Å². The first-order valence-corrected chi connectivity index (χ1v) is 13.9. The van der Waals surface area contributed by atoms with Crippen LogP contribution in [0.1, 0.15) is 53.4 Å². The summed E-state index contributed by atoms with van der Waals surface area (Å²) in [5.74, 6) is -2.58. The highest BCUT2D eigenvalue weighted by atomic mass is 79.9. The fourth-order valence-corrected chi connectivity index (χ4v) is 7.37. The lowest BCUT2D eigenvalue weighted by atomic mass is 9.70. The van der Waals surface area contributed by atoms with E-state index in [-0.39, 0.29) is 41.8 Å². The first-order valence-electron chi connectivity index (χ1n) is 13.0. The van der Waals surface area contributed by atoms with Crippen molar-refractivity contribution in [1.29, 1.82) is 0 Å². The van der Waals surface area contributed by atoms with Crippen molar-refractivity contribution < 1.29 is 29.0 Å². The molecule has 1 N–H and O–H groups in total. The summed E-state index contributed by atoms with van der Waals surface area (Å²) in [7, 11) is 0. The third kappa shape index (κ3) is 4.90. The van der Waals surface area contributed by atoms with Gasteiger partial charge in [0.25, 0.3) is 0 Å². The maximum Gasteiger partial charge on any atom is 0.312 e. The van der Waals surface area contributed by atoms with Gasteiger partial charge in [0.1, 0.15) is 18.2 Å². The summed E-state index contributed by atoms with van der Waals surface area (Å²) in [4.78, 5) is 44.8. The van der Waals surface area contributed by atoms with E-state index in [1.54, 1.807) is 11.0 Å². The summed E-state index contributed by atoms with van der Waals surface area (Å²) in [5.41, 5.74) is -1.18. The number of hydrogen-bond donors (Lipinski definition) is 1. The van der Waals surface area contributed by atoms with Gasteiger partial charge in [0.15, 0.2) is 0 Å². The smallest absolute Gasteiger partial charge is 0.312 e. The molecule has 3 aliphatic rings. The summed E-state index contributed by atoms with van der Waals surface area (Å²) in [6.45, 7) is 15.6. The maximum atomic E-state index is 14.4. The molecule has 0 aromatic heterocycles. The van der Waals surface area contributed by atoms with Gasteiger partial charge in [-0.3, -0.25) is 14.4 Å². The molecule has 3 fully saturated rings. The Bertz CT molecular complexity index is 865. The van der Waals surface area contributed by atoms with Crippen LogP contribution in [0.4, 0.5) is 0 Å². The minimum Gasteiger partial charge on any atom is -0.461 e.